The summed E-state index contributed by atoms with van der Waals surface area (Å²) >= 11 is 0. The van der Waals surface area contributed by atoms with Crippen molar-refractivity contribution in [3.05, 3.63) is 59.2 Å². The number of ether oxygens (including phenoxy) is 2. The average molecular weight is 426 g/mol. The number of hydrogen-bond donors (Lipinski definition) is 2. The molecule has 0 bridgehead atoms. The van der Waals surface area contributed by atoms with Crippen molar-refractivity contribution in [1.29, 1.82) is 0 Å². The SMILES string of the molecule is COc1ccc(/C=N\NC(=O)[C@@H](CC(C)C)NC(=O)COc2ccccc2C)c(C)c1. The molecule has 0 spiro atoms. The van der Waals surface area contributed by atoms with Gasteiger partial charge in [0.1, 0.15) is 17.5 Å². The molecule has 2 aromatic rings. The highest BCUT2D eigenvalue weighted by molar-refractivity contribution is 5.89. The Morgan fingerprint density at radius 3 is 2.48 bits per heavy atom. The number of hydrogen-bond acceptors (Lipinski definition) is 5. The third-order valence-electron chi connectivity index (χ3n) is 4.67. The van der Waals surface area contributed by atoms with Gasteiger partial charge in [-0.15, -0.1) is 0 Å². The van der Waals surface area contributed by atoms with Gasteiger partial charge in [-0.1, -0.05) is 32.0 Å². The van der Waals surface area contributed by atoms with E-state index >= 15 is 0 Å². The molecule has 2 amide bonds. The van der Waals surface area contributed by atoms with Crippen LogP contribution in [-0.2, 0) is 9.59 Å². The van der Waals surface area contributed by atoms with Crippen LogP contribution in [0.15, 0.2) is 47.6 Å². The number of nitrogens with one attached hydrogen (secondary N) is 2. The van der Waals surface area contributed by atoms with E-state index < -0.39 is 6.04 Å². The lowest BCUT2D eigenvalue weighted by molar-refractivity contribution is -0.130. The second-order valence-corrected chi connectivity index (χ2v) is 7.76. The summed E-state index contributed by atoms with van der Waals surface area (Å²) in [6.45, 7) is 7.65. The summed E-state index contributed by atoms with van der Waals surface area (Å²) in [4.78, 5) is 25.0. The maximum atomic E-state index is 12.6. The van der Waals surface area contributed by atoms with Crippen molar-refractivity contribution in [2.45, 2.75) is 40.2 Å². The van der Waals surface area contributed by atoms with Gasteiger partial charge in [-0.2, -0.15) is 5.10 Å². The third-order valence-corrected chi connectivity index (χ3v) is 4.67. The van der Waals surface area contributed by atoms with Crippen molar-refractivity contribution in [1.82, 2.24) is 10.7 Å². The zero-order chi connectivity index (χ0) is 22.8. The van der Waals surface area contributed by atoms with E-state index in [0.717, 1.165) is 22.4 Å². The standard InChI is InChI=1S/C24H31N3O4/c1-16(2)12-21(26-23(28)15-31-22-9-7-6-8-17(22)3)24(29)27-25-14-19-10-11-20(30-5)13-18(19)4/h6-11,13-14,16,21H,12,15H2,1-5H3,(H,26,28)(H,27,29)/b25-14-/t21-/m1/s1. The molecule has 0 fully saturated rings. The molecule has 7 nitrogen and oxygen atoms in total. The topological polar surface area (TPSA) is 89.0 Å². The lowest BCUT2D eigenvalue weighted by atomic mass is 10.0. The van der Waals surface area contributed by atoms with Gasteiger partial charge in [0.25, 0.3) is 11.8 Å². The molecule has 7 heteroatoms. The maximum Gasteiger partial charge on any atom is 0.262 e. The number of carbonyl (C=O) groups is 2. The molecule has 0 aliphatic carbocycles. The zero-order valence-electron chi connectivity index (χ0n) is 18.8. The molecule has 2 aromatic carbocycles. The third kappa shape index (κ3) is 7.77. The van der Waals surface area contributed by atoms with Gasteiger partial charge in [0.2, 0.25) is 0 Å². The van der Waals surface area contributed by atoms with Gasteiger partial charge in [0.05, 0.1) is 13.3 Å². The molecule has 2 N–H and O–H groups in total. The Kier molecular flexibility index (Phi) is 9.06. The second-order valence-electron chi connectivity index (χ2n) is 7.76. The number of para-hydroxylation sites is 1. The summed E-state index contributed by atoms with van der Waals surface area (Å²) < 4.78 is 10.8. The van der Waals surface area contributed by atoms with Crippen LogP contribution in [0.4, 0.5) is 0 Å². The number of nitrogens with zero attached hydrogens (tertiary/aromatic N) is 1. The van der Waals surface area contributed by atoms with Crippen molar-refractivity contribution < 1.29 is 19.1 Å². The zero-order valence-corrected chi connectivity index (χ0v) is 18.8. The van der Waals surface area contributed by atoms with Crippen molar-refractivity contribution in [2.24, 2.45) is 11.0 Å². The van der Waals surface area contributed by atoms with Crippen molar-refractivity contribution in [2.75, 3.05) is 13.7 Å². The molecule has 0 aliphatic heterocycles. The number of carbonyl (C=O) groups excluding carboxylic acids is 2. The Hall–Kier alpha value is -3.35. The molecular weight excluding hydrogens is 394 g/mol. The van der Waals surface area contributed by atoms with Crippen LogP contribution < -0.4 is 20.2 Å². The van der Waals surface area contributed by atoms with Crippen molar-refractivity contribution >= 4 is 18.0 Å². The minimum absolute atomic E-state index is 0.166. The number of amides is 2. The van der Waals surface area contributed by atoms with E-state index in [4.69, 9.17) is 9.47 Å². The quantitative estimate of drug-likeness (QED) is 0.451. The van der Waals surface area contributed by atoms with Crippen molar-refractivity contribution in [3.8, 4) is 11.5 Å². The van der Waals surface area contributed by atoms with Crippen LogP contribution in [-0.4, -0.2) is 37.8 Å². The van der Waals surface area contributed by atoms with Gasteiger partial charge in [0, 0.05) is 0 Å². The van der Waals surface area contributed by atoms with Crippen LogP contribution in [0.1, 0.15) is 37.0 Å². The predicted octanol–water partition coefficient (Wildman–Crippen LogP) is 3.37. The van der Waals surface area contributed by atoms with E-state index in [1.54, 1.807) is 19.4 Å². The Labute approximate surface area is 183 Å². The molecule has 0 saturated heterocycles. The Bertz CT molecular complexity index is 925. The van der Waals surface area contributed by atoms with Gasteiger partial charge in [0.15, 0.2) is 6.61 Å². The van der Waals surface area contributed by atoms with E-state index in [1.807, 2.05) is 64.1 Å². The first-order valence-corrected chi connectivity index (χ1v) is 10.3. The van der Waals surface area contributed by atoms with Crippen LogP contribution in [0.25, 0.3) is 0 Å². The summed E-state index contributed by atoms with van der Waals surface area (Å²) in [5.41, 5.74) is 5.29. The maximum absolute atomic E-state index is 12.6. The van der Waals surface area contributed by atoms with E-state index in [1.165, 1.54) is 0 Å². The van der Waals surface area contributed by atoms with Crippen LogP contribution in [0.5, 0.6) is 11.5 Å². The smallest absolute Gasteiger partial charge is 0.262 e. The number of hydrazone groups is 1. The summed E-state index contributed by atoms with van der Waals surface area (Å²) in [5.74, 6) is 0.869. The van der Waals surface area contributed by atoms with Crippen LogP contribution in [0, 0.1) is 19.8 Å². The number of aryl methyl sites for hydroxylation is 2. The Morgan fingerprint density at radius 1 is 1.10 bits per heavy atom. The molecule has 0 aliphatic rings. The molecule has 0 aromatic heterocycles. The number of methoxy groups -OCH3 is 1. The van der Waals surface area contributed by atoms with Gasteiger partial charge >= 0.3 is 0 Å². The molecule has 0 saturated carbocycles. The highest BCUT2D eigenvalue weighted by Crippen LogP contribution is 2.16. The molecular formula is C24H31N3O4. The summed E-state index contributed by atoms with van der Waals surface area (Å²) in [5, 5.41) is 6.80. The molecule has 31 heavy (non-hydrogen) atoms. The summed E-state index contributed by atoms with van der Waals surface area (Å²) in [6, 6.07) is 12.3. The molecule has 166 valence electrons. The first-order valence-electron chi connectivity index (χ1n) is 10.3. The van der Waals surface area contributed by atoms with Crippen LogP contribution >= 0.6 is 0 Å². The van der Waals surface area contributed by atoms with Crippen LogP contribution in [0.2, 0.25) is 0 Å². The average Bonchev–Trinajstić information content (AvgIpc) is 2.73. The van der Waals surface area contributed by atoms with E-state index in [-0.39, 0.29) is 24.3 Å². The Morgan fingerprint density at radius 2 is 1.84 bits per heavy atom. The summed E-state index contributed by atoms with van der Waals surface area (Å²) in [6.07, 6.45) is 2.06. The molecule has 0 heterocycles. The first-order chi connectivity index (χ1) is 14.8. The number of rotatable bonds is 10. The predicted molar refractivity (Wildman–Crippen MR) is 122 cm³/mol. The normalized spacial score (nSPS) is 11.9. The monoisotopic (exact) mass is 425 g/mol. The van der Waals surface area contributed by atoms with Crippen LogP contribution in [0.3, 0.4) is 0 Å². The van der Waals surface area contributed by atoms with E-state index in [2.05, 4.69) is 15.8 Å². The highest BCUT2D eigenvalue weighted by Gasteiger charge is 2.22. The molecule has 1 atom stereocenters. The fourth-order valence-corrected chi connectivity index (χ4v) is 2.96. The van der Waals surface area contributed by atoms with Gasteiger partial charge < -0.3 is 14.8 Å². The fourth-order valence-electron chi connectivity index (χ4n) is 2.96. The van der Waals surface area contributed by atoms with Gasteiger partial charge in [-0.25, -0.2) is 5.43 Å². The minimum atomic E-state index is -0.706. The second kappa shape index (κ2) is 11.7. The lowest BCUT2D eigenvalue weighted by Crippen LogP contribution is -2.47. The van der Waals surface area contributed by atoms with E-state index in [0.29, 0.717) is 12.2 Å². The molecule has 2 rings (SSSR count). The number of benzene rings is 2. The summed E-state index contributed by atoms with van der Waals surface area (Å²) in [7, 11) is 1.61. The molecule has 0 radical (unpaired) electrons. The largest absolute Gasteiger partial charge is 0.497 e. The molecule has 0 unspecified atom stereocenters. The van der Waals surface area contributed by atoms with Gasteiger partial charge in [-0.05, 0) is 67.1 Å². The highest BCUT2D eigenvalue weighted by atomic mass is 16.5. The first kappa shape index (κ1) is 23.9. The lowest BCUT2D eigenvalue weighted by Gasteiger charge is -2.19. The van der Waals surface area contributed by atoms with E-state index in [9.17, 15) is 9.59 Å². The van der Waals surface area contributed by atoms with Gasteiger partial charge in [-0.3, -0.25) is 9.59 Å². The Balaban J connectivity index is 1.95. The van der Waals surface area contributed by atoms with Crippen molar-refractivity contribution in [3.63, 3.8) is 0 Å². The fraction of sp³-hybridized carbons (Fsp3) is 0.375. The minimum Gasteiger partial charge on any atom is -0.497 e.